The maximum absolute atomic E-state index is 5.88. The monoisotopic (exact) mass is 257 g/mol. The van der Waals surface area contributed by atoms with E-state index in [0.29, 0.717) is 0 Å². The fourth-order valence-electron chi connectivity index (χ4n) is 2.49. The fourth-order valence-corrected chi connectivity index (χ4v) is 2.49. The van der Waals surface area contributed by atoms with Crippen molar-refractivity contribution in [2.45, 2.75) is 39.7 Å². The van der Waals surface area contributed by atoms with Gasteiger partial charge in [-0.2, -0.15) is 0 Å². The maximum Gasteiger partial charge on any atom is 0.121 e. The lowest BCUT2D eigenvalue weighted by atomic mass is 9.95. The SMILES string of the molecule is CCc1ccc(C(Cc2c(C)cccc2C)NC)o1. The third-order valence-corrected chi connectivity index (χ3v) is 3.78. The minimum Gasteiger partial charge on any atom is -0.464 e. The molecule has 2 heteroatoms. The molecule has 0 aliphatic carbocycles. The van der Waals surface area contributed by atoms with Gasteiger partial charge >= 0.3 is 0 Å². The van der Waals surface area contributed by atoms with Crippen LogP contribution in [-0.4, -0.2) is 7.05 Å². The molecule has 0 aliphatic heterocycles. The van der Waals surface area contributed by atoms with E-state index in [1.165, 1.54) is 16.7 Å². The van der Waals surface area contributed by atoms with E-state index >= 15 is 0 Å². The molecule has 0 spiro atoms. The second kappa shape index (κ2) is 6.07. The first-order valence-corrected chi connectivity index (χ1v) is 6.96. The Labute approximate surface area is 115 Å². The fraction of sp³-hybridized carbons (Fsp3) is 0.412. The zero-order chi connectivity index (χ0) is 13.8. The molecule has 0 amide bonds. The molecule has 2 aromatic rings. The number of nitrogens with one attached hydrogen (secondary N) is 1. The molecular weight excluding hydrogens is 234 g/mol. The van der Waals surface area contributed by atoms with Crippen molar-refractivity contribution >= 4 is 0 Å². The van der Waals surface area contributed by atoms with Gasteiger partial charge in [-0.15, -0.1) is 0 Å². The second-order valence-corrected chi connectivity index (χ2v) is 5.07. The molecule has 0 saturated carbocycles. The van der Waals surface area contributed by atoms with Crippen LogP contribution in [-0.2, 0) is 12.8 Å². The molecule has 1 N–H and O–H groups in total. The van der Waals surface area contributed by atoms with Crippen molar-refractivity contribution in [2.75, 3.05) is 7.05 Å². The van der Waals surface area contributed by atoms with E-state index in [1.807, 2.05) is 7.05 Å². The van der Waals surface area contributed by atoms with Crippen molar-refractivity contribution in [3.05, 3.63) is 58.5 Å². The average molecular weight is 257 g/mol. The molecule has 0 saturated heterocycles. The van der Waals surface area contributed by atoms with Gasteiger partial charge in [0.1, 0.15) is 11.5 Å². The molecule has 1 unspecified atom stereocenters. The standard InChI is InChI=1S/C17H23NO/c1-5-14-9-10-17(19-14)16(18-4)11-15-12(2)7-6-8-13(15)3/h6-10,16,18H,5,11H2,1-4H3. The Balaban J connectivity index is 2.24. The van der Waals surface area contributed by atoms with E-state index in [4.69, 9.17) is 4.42 Å². The molecule has 0 fully saturated rings. The number of hydrogen-bond acceptors (Lipinski definition) is 2. The number of likely N-dealkylation sites (N-methyl/N-ethyl adjacent to an activating group) is 1. The molecule has 1 heterocycles. The molecule has 1 aromatic heterocycles. The van der Waals surface area contributed by atoms with Crippen molar-refractivity contribution in [1.82, 2.24) is 5.32 Å². The zero-order valence-electron chi connectivity index (χ0n) is 12.3. The normalized spacial score (nSPS) is 12.6. The van der Waals surface area contributed by atoms with Crippen molar-refractivity contribution in [2.24, 2.45) is 0 Å². The molecule has 0 bridgehead atoms. The Kier molecular flexibility index (Phi) is 4.43. The highest BCUT2D eigenvalue weighted by Crippen LogP contribution is 2.24. The van der Waals surface area contributed by atoms with Crippen LogP contribution >= 0.6 is 0 Å². The summed E-state index contributed by atoms with van der Waals surface area (Å²) < 4.78 is 5.88. The summed E-state index contributed by atoms with van der Waals surface area (Å²) in [5.74, 6) is 2.08. The molecule has 2 nitrogen and oxygen atoms in total. The van der Waals surface area contributed by atoms with Gasteiger partial charge in [0.15, 0.2) is 0 Å². The first kappa shape index (κ1) is 13.9. The lowest BCUT2D eigenvalue weighted by Crippen LogP contribution is -2.19. The largest absolute Gasteiger partial charge is 0.464 e. The maximum atomic E-state index is 5.88. The number of rotatable bonds is 5. The van der Waals surface area contributed by atoms with Crippen molar-refractivity contribution in [1.29, 1.82) is 0 Å². The van der Waals surface area contributed by atoms with Crippen LogP contribution in [0.1, 0.15) is 41.2 Å². The molecule has 1 atom stereocenters. The first-order valence-electron chi connectivity index (χ1n) is 6.96. The van der Waals surface area contributed by atoms with Crippen molar-refractivity contribution in [3.63, 3.8) is 0 Å². The summed E-state index contributed by atoms with van der Waals surface area (Å²) in [6.07, 6.45) is 1.91. The topological polar surface area (TPSA) is 25.2 Å². The van der Waals surface area contributed by atoms with Crippen LogP contribution in [0.4, 0.5) is 0 Å². The second-order valence-electron chi connectivity index (χ2n) is 5.07. The lowest BCUT2D eigenvalue weighted by molar-refractivity contribution is 0.406. The lowest BCUT2D eigenvalue weighted by Gasteiger charge is -2.17. The van der Waals surface area contributed by atoms with Gasteiger partial charge in [0, 0.05) is 6.42 Å². The van der Waals surface area contributed by atoms with Gasteiger partial charge in [0.2, 0.25) is 0 Å². The van der Waals surface area contributed by atoms with Gasteiger partial charge in [-0.3, -0.25) is 0 Å². The van der Waals surface area contributed by atoms with E-state index in [1.54, 1.807) is 0 Å². The van der Waals surface area contributed by atoms with Crippen LogP contribution in [0.5, 0.6) is 0 Å². The zero-order valence-corrected chi connectivity index (χ0v) is 12.3. The summed E-state index contributed by atoms with van der Waals surface area (Å²) in [7, 11) is 1.99. The summed E-state index contributed by atoms with van der Waals surface area (Å²) in [5.41, 5.74) is 4.11. The highest BCUT2D eigenvalue weighted by molar-refractivity contribution is 5.34. The summed E-state index contributed by atoms with van der Waals surface area (Å²) in [4.78, 5) is 0. The minimum absolute atomic E-state index is 0.236. The van der Waals surface area contributed by atoms with Gasteiger partial charge in [0.05, 0.1) is 6.04 Å². The third-order valence-electron chi connectivity index (χ3n) is 3.78. The molecular formula is C17H23NO. The Morgan fingerprint density at radius 2 is 1.79 bits per heavy atom. The van der Waals surface area contributed by atoms with E-state index in [2.05, 4.69) is 56.4 Å². The van der Waals surface area contributed by atoms with Crippen molar-refractivity contribution in [3.8, 4) is 0 Å². The molecule has 0 aliphatic rings. The summed E-state index contributed by atoms with van der Waals surface area (Å²) >= 11 is 0. The molecule has 102 valence electrons. The van der Waals surface area contributed by atoms with Crippen LogP contribution in [0.15, 0.2) is 34.7 Å². The number of furan rings is 1. The molecule has 19 heavy (non-hydrogen) atoms. The van der Waals surface area contributed by atoms with E-state index in [-0.39, 0.29) is 6.04 Å². The quantitative estimate of drug-likeness (QED) is 0.877. The Bertz CT molecular complexity index is 522. The van der Waals surface area contributed by atoms with Gasteiger partial charge in [-0.05, 0) is 56.1 Å². The first-order chi connectivity index (χ1) is 9.15. The van der Waals surface area contributed by atoms with E-state index in [9.17, 15) is 0 Å². The number of benzene rings is 1. The summed E-state index contributed by atoms with van der Waals surface area (Å²) in [5, 5.41) is 3.36. The van der Waals surface area contributed by atoms with Crippen LogP contribution in [0.3, 0.4) is 0 Å². The number of hydrogen-bond donors (Lipinski definition) is 1. The predicted molar refractivity (Wildman–Crippen MR) is 79.5 cm³/mol. The van der Waals surface area contributed by atoms with Gasteiger partial charge in [0.25, 0.3) is 0 Å². The molecule has 1 aromatic carbocycles. The van der Waals surface area contributed by atoms with Gasteiger partial charge in [-0.25, -0.2) is 0 Å². The van der Waals surface area contributed by atoms with Gasteiger partial charge < -0.3 is 9.73 Å². The van der Waals surface area contributed by atoms with Gasteiger partial charge in [-0.1, -0.05) is 25.1 Å². The molecule has 2 rings (SSSR count). The smallest absolute Gasteiger partial charge is 0.121 e. The molecule has 0 radical (unpaired) electrons. The predicted octanol–water partition coefficient (Wildman–Crippen LogP) is 3.96. The summed E-state index contributed by atoms with van der Waals surface area (Å²) in [6.45, 7) is 6.46. The Morgan fingerprint density at radius 1 is 1.11 bits per heavy atom. The summed E-state index contributed by atoms with van der Waals surface area (Å²) in [6, 6.07) is 10.9. The van der Waals surface area contributed by atoms with Crippen molar-refractivity contribution < 1.29 is 4.42 Å². The van der Waals surface area contributed by atoms with Crippen LogP contribution < -0.4 is 5.32 Å². The Morgan fingerprint density at radius 3 is 2.32 bits per heavy atom. The van der Waals surface area contributed by atoms with Crippen LogP contribution in [0.25, 0.3) is 0 Å². The minimum atomic E-state index is 0.236. The van der Waals surface area contributed by atoms with E-state index < -0.39 is 0 Å². The highest BCUT2D eigenvalue weighted by Gasteiger charge is 2.16. The third kappa shape index (κ3) is 3.07. The van der Waals surface area contributed by atoms with Crippen LogP contribution in [0.2, 0.25) is 0 Å². The highest BCUT2D eigenvalue weighted by atomic mass is 16.3. The number of aryl methyl sites for hydroxylation is 3. The Hall–Kier alpha value is -1.54. The average Bonchev–Trinajstić information content (AvgIpc) is 2.87. The van der Waals surface area contributed by atoms with E-state index in [0.717, 1.165) is 24.4 Å². The van der Waals surface area contributed by atoms with Crippen LogP contribution in [0, 0.1) is 13.8 Å².